The number of fused-ring (bicyclic) bond motifs is 8. The Balaban J connectivity index is 0.817. The van der Waals surface area contributed by atoms with Gasteiger partial charge in [-0.3, -0.25) is 14.9 Å². The molecule has 9 bridgehead atoms. The molecule has 6 spiro atoms. The third kappa shape index (κ3) is 6.24. The number of rotatable bonds is 8. The van der Waals surface area contributed by atoms with Crippen molar-refractivity contribution in [2.45, 2.75) is 190 Å². The predicted molar refractivity (Wildman–Crippen MR) is 329 cm³/mol. The second kappa shape index (κ2) is 18.5. The molecule has 0 amide bonds. The van der Waals surface area contributed by atoms with Crippen molar-refractivity contribution < 1.29 is 53.1 Å². The molecule has 8 heterocycles. The molecular formula is C77H92N2O11. The largest absolute Gasteiger partial charge is 0.469 e. The summed E-state index contributed by atoms with van der Waals surface area (Å²) in [5, 5.41) is 42.1. The maximum Gasteiger partial charge on any atom is 0.339 e. The van der Waals surface area contributed by atoms with Crippen molar-refractivity contribution in [2.75, 3.05) is 26.4 Å². The van der Waals surface area contributed by atoms with Crippen LogP contribution in [0.1, 0.15) is 146 Å². The van der Waals surface area contributed by atoms with Gasteiger partial charge >= 0.3 is 11.9 Å². The number of nitrogens with zero attached hydrogens (tertiary/aromatic N) is 1. The third-order valence-corrected chi connectivity index (χ3v) is 31.6. The van der Waals surface area contributed by atoms with E-state index in [0.29, 0.717) is 79.9 Å². The number of carbonyl (C=O) groups excluding carboxylic acids is 3. The van der Waals surface area contributed by atoms with E-state index in [1.807, 2.05) is 6.26 Å². The number of carbonyl (C=O) groups is 3. The predicted octanol–water partition coefficient (Wildman–Crippen LogP) is 9.59. The maximum absolute atomic E-state index is 17.8. The van der Waals surface area contributed by atoms with Crippen LogP contribution in [0.25, 0.3) is 0 Å². The van der Waals surface area contributed by atoms with Gasteiger partial charge in [-0.05, 0) is 215 Å². The fourth-order valence-electron chi connectivity index (χ4n) is 29.1. The summed E-state index contributed by atoms with van der Waals surface area (Å²) in [6.07, 6.45) is 26.6. The zero-order chi connectivity index (χ0) is 60.6. The molecule has 30 atom stereocenters. The Morgan fingerprint density at radius 1 is 0.889 bits per heavy atom. The van der Waals surface area contributed by atoms with E-state index in [0.717, 1.165) is 88.5 Å². The molecule has 20 rings (SSSR count). The second-order valence-electron chi connectivity index (χ2n) is 34.0. The Bertz CT molecular complexity index is 3600. The molecule has 2 aromatic rings. The zero-order valence-corrected chi connectivity index (χ0v) is 52.9. The lowest BCUT2D eigenvalue weighted by Crippen LogP contribution is -2.84. The van der Waals surface area contributed by atoms with E-state index in [-0.39, 0.29) is 72.3 Å². The SMILES string of the molecule is C[C@H]1[C@@H]([C@H]2C=C3C[C@H]4CCC[C@]45C[C@@H]4C[C@]6(C)[C@]78O[C@@H]7C(=O)O[C@@]67c6c(coc6C[C@@H]([C@H]6CC[C@H]9[C@H](C=CN%10CNC[C@H]9%10)C6)[C@H](O)CO)CC[C@H]7C#C[C@@H]6CC[C@@H](Cc7ccccc7)C[C@H]6[C@]86[C@H](O)C(=O)[C@@H]7[C@@]2(C)O[C@]32[C@H]5C(=O)OC[C@@]72[C@@H]46)C=C[C@@H]2CCC[C@H]12. The van der Waals surface area contributed by atoms with Gasteiger partial charge in [-0.2, -0.15) is 0 Å². The van der Waals surface area contributed by atoms with Crippen LogP contribution in [0.3, 0.4) is 0 Å². The highest BCUT2D eigenvalue weighted by atomic mass is 16.7. The van der Waals surface area contributed by atoms with E-state index in [2.05, 4.69) is 104 Å². The van der Waals surface area contributed by atoms with Crippen LogP contribution < -0.4 is 5.32 Å². The molecule has 7 aliphatic heterocycles. The van der Waals surface area contributed by atoms with E-state index in [4.69, 9.17) is 23.4 Å². The maximum atomic E-state index is 17.8. The quantitative estimate of drug-likeness (QED) is 0.0851. The van der Waals surface area contributed by atoms with E-state index < -0.39 is 97.9 Å². The Kier molecular flexibility index (Phi) is 11.5. The van der Waals surface area contributed by atoms with Gasteiger partial charge in [0.25, 0.3) is 0 Å². The number of hydrogen-bond donors (Lipinski definition) is 4. The van der Waals surface area contributed by atoms with Crippen LogP contribution in [-0.4, -0.2) is 106 Å². The fraction of sp³-hybridized carbons (Fsp3) is 0.727. The van der Waals surface area contributed by atoms with Gasteiger partial charge in [0.1, 0.15) is 29.7 Å². The number of allylic oxidation sites excluding steroid dienone is 3. The van der Waals surface area contributed by atoms with Gasteiger partial charge in [-0.15, -0.1) is 0 Å². The van der Waals surface area contributed by atoms with Crippen molar-refractivity contribution in [3.05, 3.63) is 95.1 Å². The number of aliphatic hydroxyl groups excluding tert-OH is 3. The van der Waals surface area contributed by atoms with Gasteiger partial charge in [0.05, 0.1) is 54.4 Å². The Morgan fingerprint density at radius 2 is 1.77 bits per heavy atom. The molecule has 18 aliphatic rings. The number of cyclic esters (lactones) is 1. The van der Waals surface area contributed by atoms with Gasteiger partial charge in [0.15, 0.2) is 17.5 Å². The highest BCUT2D eigenvalue weighted by Gasteiger charge is 3.00. The molecule has 4 N–H and O–H groups in total. The number of nitrogens with one attached hydrogen (secondary N) is 1. The lowest BCUT2D eigenvalue weighted by molar-refractivity contribution is -0.320. The summed E-state index contributed by atoms with van der Waals surface area (Å²) in [4.78, 5) is 52.7. The molecule has 8 saturated carbocycles. The van der Waals surface area contributed by atoms with E-state index in [1.54, 1.807) is 0 Å². The molecule has 13 heteroatoms. The summed E-state index contributed by atoms with van der Waals surface area (Å²) in [5.41, 5.74) is -5.11. The van der Waals surface area contributed by atoms with Gasteiger partial charge in [0.2, 0.25) is 0 Å². The summed E-state index contributed by atoms with van der Waals surface area (Å²) in [7, 11) is 0. The van der Waals surface area contributed by atoms with Crippen molar-refractivity contribution >= 4 is 17.7 Å². The summed E-state index contributed by atoms with van der Waals surface area (Å²) in [6, 6.07) is 11.2. The Labute approximate surface area is 529 Å². The lowest BCUT2D eigenvalue weighted by Gasteiger charge is -2.74. The molecule has 13 nitrogen and oxygen atoms in total. The van der Waals surface area contributed by atoms with Crippen LogP contribution in [0.5, 0.6) is 0 Å². The average molecular weight is 1220 g/mol. The molecule has 1 aromatic heterocycles. The van der Waals surface area contributed by atoms with Crippen LogP contribution in [0, 0.1) is 140 Å². The second-order valence-corrected chi connectivity index (χ2v) is 34.0. The van der Waals surface area contributed by atoms with E-state index in [9.17, 15) is 10.2 Å². The first-order valence-electron chi connectivity index (χ1n) is 36.1. The Hall–Kier alpha value is -4.55. The molecule has 13 fully saturated rings. The molecule has 11 aliphatic carbocycles. The summed E-state index contributed by atoms with van der Waals surface area (Å²) in [5.74, 6) is 6.94. The number of hydrogen-bond acceptors (Lipinski definition) is 13. The number of ketones is 1. The normalized spacial score (nSPS) is 53.9. The minimum Gasteiger partial charge on any atom is -0.469 e. The molecular weight excluding hydrogens is 1130 g/mol. The number of ether oxygens (including phenoxy) is 4. The number of esters is 2. The number of benzene rings is 1. The van der Waals surface area contributed by atoms with Crippen molar-refractivity contribution in [2.24, 2.45) is 128 Å². The fourth-order valence-corrected chi connectivity index (χ4v) is 29.1. The number of epoxide rings is 1. The molecule has 0 unspecified atom stereocenters. The highest BCUT2D eigenvalue weighted by molar-refractivity contribution is 5.94. The highest BCUT2D eigenvalue weighted by Crippen LogP contribution is 2.91. The molecule has 476 valence electrons. The number of aryl methyl sites for hydroxylation is 1. The van der Waals surface area contributed by atoms with Crippen LogP contribution >= 0.6 is 0 Å². The average Bonchev–Trinajstić information content (AvgIpc) is 1.40. The van der Waals surface area contributed by atoms with E-state index >= 15 is 19.5 Å². The first-order valence-corrected chi connectivity index (χ1v) is 36.1. The number of furan rings is 1. The number of aliphatic hydroxyl groups is 3. The standard InChI is InChI=1S/C77H92N2O11/c1-40-52-13-7-11-43(52)18-22-53(40)57-31-51-30-50-12-8-25-72(50)34-48-33-70(2)75-49(21-17-47-37-86-60(61(47)75)32-55(59(81)36-80)45-19-23-54-46(29-45)24-26-79-39-78-35-58(54)79)20-16-44-15-14-42(27-41-9-5-4-6-10-41)28-56(44)74(77(70)67(88-77)69(85)89-75)63(48)73-38-87-68(84)65(72)76(51,73)90-71(57,3)64(73)62(82)66(74)83/h4-6,9-10,18,22,24,26,31,37,40,42-46,48-50,52-59,63-67,78,80-81,83H,7-8,11-15,17,19,21,23,25,27-30,32-36,38-39H2,1-3H3/t40-,42+,43+,44+,45+,46-,48+,49-,50-,52-,53+,54+,55+,56-,57-,58-,59-,63-,64-,65+,66-,67-,70+,71+,72+,73-,74+,75+,76+,77-/m1/s1. The topological polar surface area (TPSA) is 181 Å². The smallest absolute Gasteiger partial charge is 0.339 e. The lowest BCUT2D eigenvalue weighted by atomic mass is 9.28. The molecule has 1 aromatic carbocycles. The Morgan fingerprint density at radius 3 is 2.63 bits per heavy atom. The van der Waals surface area contributed by atoms with Crippen LogP contribution in [0.4, 0.5) is 0 Å². The number of Topliss-reactive ketones (excluding diaryl/α,β-unsaturated/α-hetero) is 1. The van der Waals surface area contributed by atoms with Crippen LogP contribution in [0.2, 0.25) is 0 Å². The zero-order valence-electron chi connectivity index (χ0n) is 52.9. The summed E-state index contributed by atoms with van der Waals surface area (Å²) < 4.78 is 38.2. The third-order valence-electron chi connectivity index (χ3n) is 31.6. The summed E-state index contributed by atoms with van der Waals surface area (Å²) in [6.45, 7) is 8.49. The molecule has 5 saturated heterocycles. The van der Waals surface area contributed by atoms with Crippen molar-refractivity contribution in [3.8, 4) is 11.8 Å². The van der Waals surface area contributed by atoms with Crippen LogP contribution in [-0.2, 0) is 58.2 Å². The minimum absolute atomic E-state index is 0.0146. The first-order chi connectivity index (χ1) is 43.6. The van der Waals surface area contributed by atoms with Gasteiger partial charge < -0.3 is 43.6 Å². The van der Waals surface area contributed by atoms with Gasteiger partial charge in [-0.1, -0.05) is 93.2 Å². The van der Waals surface area contributed by atoms with Crippen LogP contribution in [0.15, 0.2) is 77.1 Å². The molecule has 90 heavy (non-hydrogen) atoms. The molecule has 0 radical (unpaired) electrons. The first kappa shape index (κ1) is 55.9. The van der Waals surface area contributed by atoms with Crippen molar-refractivity contribution in [1.82, 2.24) is 10.2 Å². The van der Waals surface area contributed by atoms with E-state index in [1.165, 1.54) is 30.4 Å². The summed E-state index contributed by atoms with van der Waals surface area (Å²) >= 11 is 0. The monoisotopic (exact) mass is 1220 g/mol. The minimum atomic E-state index is -1.58. The van der Waals surface area contributed by atoms with Crippen molar-refractivity contribution in [3.63, 3.8) is 0 Å². The van der Waals surface area contributed by atoms with Gasteiger partial charge in [0, 0.05) is 47.2 Å². The van der Waals surface area contributed by atoms with Crippen molar-refractivity contribution in [1.29, 1.82) is 0 Å². The van der Waals surface area contributed by atoms with Gasteiger partial charge in [-0.25, -0.2) is 4.79 Å².